The number of hydrogen-bond donors (Lipinski definition) is 2. The van der Waals surface area contributed by atoms with Gasteiger partial charge in [0.05, 0.1) is 18.8 Å². The van der Waals surface area contributed by atoms with Gasteiger partial charge in [0.2, 0.25) is 0 Å². The first-order valence-corrected chi connectivity index (χ1v) is 5.36. The standard InChI is InChI=1S/C12H16N2O3/c1-2-3-7-17-8-6-14-11-9-10(12(15)16)4-5-13-11/h2,4-5,9H,1,3,6-8H2,(H,13,14)(H,15,16). The molecule has 0 fully saturated rings. The first kappa shape index (κ1) is 13.2. The van der Waals surface area contributed by atoms with E-state index >= 15 is 0 Å². The van der Waals surface area contributed by atoms with Crippen LogP contribution in [0.5, 0.6) is 0 Å². The van der Waals surface area contributed by atoms with E-state index in [4.69, 9.17) is 9.84 Å². The van der Waals surface area contributed by atoms with Gasteiger partial charge in [0.15, 0.2) is 0 Å². The van der Waals surface area contributed by atoms with Crippen molar-refractivity contribution < 1.29 is 14.6 Å². The summed E-state index contributed by atoms with van der Waals surface area (Å²) in [5.41, 5.74) is 0.218. The number of rotatable bonds is 8. The van der Waals surface area contributed by atoms with Crippen molar-refractivity contribution in [3.05, 3.63) is 36.5 Å². The van der Waals surface area contributed by atoms with Crippen molar-refractivity contribution in [1.29, 1.82) is 0 Å². The van der Waals surface area contributed by atoms with Gasteiger partial charge in [0.25, 0.3) is 0 Å². The van der Waals surface area contributed by atoms with Crippen molar-refractivity contribution in [2.24, 2.45) is 0 Å². The van der Waals surface area contributed by atoms with E-state index in [2.05, 4.69) is 16.9 Å². The lowest BCUT2D eigenvalue weighted by Gasteiger charge is -2.06. The topological polar surface area (TPSA) is 71.5 Å². The molecule has 0 spiro atoms. The largest absolute Gasteiger partial charge is 0.478 e. The Morgan fingerprint density at radius 3 is 3.12 bits per heavy atom. The minimum atomic E-state index is -0.960. The van der Waals surface area contributed by atoms with Crippen molar-refractivity contribution in [1.82, 2.24) is 4.98 Å². The van der Waals surface area contributed by atoms with Crippen LogP contribution in [0.3, 0.4) is 0 Å². The van der Waals surface area contributed by atoms with Gasteiger partial charge in [0.1, 0.15) is 5.82 Å². The van der Waals surface area contributed by atoms with Gasteiger partial charge >= 0.3 is 5.97 Å². The monoisotopic (exact) mass is 236 g/mol. The van der Waals surface area contributed by atoms with Crippen molar-refractivity contribution in [2.45, 2.75) is 6.42 Å². The number of anilines is 1. The molecule has 17 heavy (non-hydrogen) atoms. The number of carbonyl (C=O) groups is 1. The molecular weight excluding hydrogens is 220 g/mol. The third-order valence-electron chi connectivity index (χ3n) is 2.03. The molecule has 1 rings (SSSR count). The molecule has 0 aliphatic rings. The number of nitrogens with one attached hydrogen (secondary N) is 1. The molecule has 1 aromatic rings. The molecule has 0 saturated carbocycles. The number of aromatic nitrogens is 1. The Balaban J connectivity index is 2.29. The van der Waals surface area contributed by atoms with Crippen molar-refractivity contribution in [2.75, 3.05) is 25.1 Å². The van der Waals surface area contributed by atoms with E-state index in [0.717, 1.165) is 6.42 Å². The summed E-state index contributed by atoms with van der Waals surface area (Å²) in [6.45, 7) is 5.38. The van der Waals surface area contributed by atoms with E-state index in [1.165, 1.54) is 18.3 Å². The normalized spacial score (nSPS) is 9.88. The second-order valence-electron chi connectivity index (χ2n) is 3.35. The van der Waals surface area contributed by atoms with E-state index < -0.39 is 5.97 Å². The molecule has 0 aliphatic carbocycles. The quantitative estimate of drug-likeness (QED) is 0.532. The number of pyridine rings is 1. The Morgan fingerprint density at radius 2 is 2.41 bits per heavy atom. The third kappa shape index (κ3) is 5.12. The number of carboxylic acid groups (broad SMARTS) is 1. The van der Waals surface area contributed by atoms with Crippen molar-refractivity contribution >= 4 is 11.8 Å². The lowest BCUT2D eigenvalue weighted by Crippen LogP contribution is -2.11. The Hall–Kier alpha value is -1.88. The predicted octanol–water partition coefficient (Wildman–Crippen LogP) is 1.78. The highest BCUT2D eigenvalue weighted by Gasteiger charge is 2.03. The van der Waals surface area contributed by atoms with Crippen LogP contribution in [0.2, 0.25) is 0 Å². The van der Waals surface area contributed by atoms with Crippen LogP contribution in [0.4, 0.5) is 5.82 Å². The molecule has 1 heterocycles. The minimum Gasteiger partial charge on any atom is -0.478 e. The van der Waals surface area contributed by atoms with Crippen LogP contribution in [0.1, 0.15) is 16.8 Å². The van der Waals surface area contributed by atoms with E-state index in [1.54, 1.807) is 6.08 Å². The molecule has 92 valence electrons. The highest BCUT2D eigenvalue weighted by Crippen LogP contribution is 2.06. The molecule has 0 bridgehead atoms. The maximum Gasteiger partial charge on any atom is 0.335 e. The highest BCUT2D eigenvalue weighted by molar-refractivity contribution is 5.88. The zero-order chi connectivity index (χ0) is 12.5. The van der Waals surface area contributed by atoms with Gasteiger partial charge < -0.3 is 15.2 Å². The van der Waals surface area contributed by atoms with Crippen LogP contribution in [0.25, 0.3) is 0 Å². The fraction of sp³-hybridized carbons (Fsp3) is 0.333. The molecule has 1 aromatic heterocycles. The number of carboxylic acids is 1. The zero-order valence-electron chi connectivity index (χ0n) is 9.56. The Morgan fingerprint density at radius 1 is 1.59 bits per heavy atom. The molecule has 0 aliphatic heterocycles. The van der Waals surface area contributed by atoms with E-state index in [-0.39, 0.29) is 5.56 Å². The SMILES string of the molecule is C=CCCOCCNc1cc(C(=O)O)ccn1. The second kappa shape index (κ2) is 7.40. The smallest absolute Gasteiger partial charge is 0.335 e. The van der Waals surface area contributed by atoms with E-state index in [1.807, 2.05) is 0 Å². The minimum absolute atomic E-state index is 0.218. The maximum absolute atomic E-state index is 10.7. The van der Waals surface area contributed by atoms with Crippen LogP contribution in [0.15, 0.2) is 31.0 Å². The molecule has 0 amide bonds. The van der Waals surface area contributed by atoms with Gasteiger partial charge in [-0.2, -0.15) is 0 Å². The molecule has 5 heteroatoms. The highest BCUT2D eigenvalue weighted by atomic mass is 16.5. The van der Waals surface area contributed by atoms with E-state index in [9.17, 15) is 4.79 Å². The summed E-state index contributed by atoms with van der Waals surface area (Å²) in [5, 5.41) is 11.8. The molecule has 0 saturated heterocycles. The van der Waals surface area contributed by atoms with Crippen LogP contribution >= 0.6 is 0 Å². The first-order valence-electron chi connectivity index (χ1n) is 5.36. The first-order chi connectivity index (χ1) is 8.24. The lowest BCUT2D eigenvalue weighted by atomic mass is 10.2. The maximum atomic E-state index is 10.7. The molecule has 5 nitrogen and oxygen atoms in total. The van der Waals surface area contributed by atoms with Gasteiger partial charge in [0, 0.05) is 12.7 Å². The molecular formula is C12H16N2O3. The lowest BCUT2D eigenvalue weighted by molar-refractivity contribution is 0.0697. The summed E-state index contributed by atoms with van der Waals surface area (Å²) in [5.74, 6) is -0.421. The summed E-state index contributed by atoms with van der Waals surface area (Å²) in [7, 11) is 0. The molecule has 2 N–H and O–H groups in total. The summed E-state index contributed by atoms with van der Waals surface area (Å²) < 4.78 is 5.30. The summed E-state index contributed by atoms with van der Waals surface area (Å²) in [6.07, 6.45) is 4.09. The summed E-state index contributed by atoms with van der Waals surface area (Å²) in [4.78, 5) is 14.7. The van der Waals surface area contributed by atoms with Crippen LogP contribution in [-0.2, 0) is 4.74 Å². The number of aromatic carboxylic acids is 1. The fourth-order valence-electron chi connectivity index (χ4n) is 1.18. The fourth-order valence-corrected chi connectivity index (χ4v) is 1.18. The predicted molar refractivity (Wildman–Crippen MR) is 65.3 cm³/mol. The van der Waals surface area contributed by atoms with E-state index in [0.29, 0.717) is 25.6 Å². The number of hydrogen-bond acceptors (Lipinski definition) is 4. The second-order valence-corrected chi connectivity index (χ2v) is 3.35. The molecule has 0 aromatic carbocycles. The Bertz CT molecular complexity index is 380. The molecule has 0 unspecified atom stereocenters. The Labute approximate surface area is 100 Å². The molecule has 0 atom stereocenters. The van der Waals surface area contributed by atoms with Gasteiger partial charge in [-0.25, -0.2) is 9.78 Å². The van der Waals surface area contributed by atoms with Crippen molar-refractivity contribution in [3.8, 4) is 0 Å². The molecule has 0 radical (unpaired) electrons. The van der Waals surface area contributed by atoms with Crippen molar-refractivity contribution in [3.63, 3.8) is 0 Å². The third-order valence-corrected chi connectivity index (χ3v) is 2.03. The van der Waals surface area contributed by atoms with Gasteiger partial charge in [-0.3, -0.25) is 0 Å². The van der Waals surface area contributed by atoms with Gasteiger partial charge in [-0.15, -0.1) is 6.58 Å². The Kier molecular flexibility index (Phi) is 5.74. The van der Waals surface area contributed by atoms with Crippen LogP contribution in [-0.4, -0.2) is 35.8 Å². The average molecular weight is 236 g/mol. The number of ether oxygens (including phenoxy) is 1. The van der Waals surface area contributed by atoms with Crippen LogP contribution < -0.4 is 5.32 Å². The zero-order valence-corrected chi connectivity index (χ0v) is 9.56. The summed E-state index contributed by atoms with van der Waals surface area (Å²) >= 11 is 0. The average Bonchev–Trinajstić information content (AvgIpc) is 2.34. The van der Waals surface area contributed by atoms with Gasteiger partial charge in [-0.1, -0.05) is 6.08 Å². The summed E-state index contributed by atoms with van der Waals surface area (Å²) in [6, 6.07) is 2.94. The van der Waals surface area contributed by atoms with Gasteiger partial charge in [-0.05, 0) is 18.6 Å². The van der Waals surface area contributed by atoms with Crippen LogP contribution in [0, 0.1) is 0 Å². The number of nitrogens with zero attached hydrogens (tertiary/aromatic N) is 1.